The number of aromatic nitrogens is 2. The lowest BCUT2D eigenvalue weighted by Gasteiger charge is -2.37. The number of anilines is 2. The smallest absolute Gasteiger partial charge is 0.173 e. The minimum Gasteiger partial charge on any atom is -0.353 e. The van der Waals surface area contributed by atoms with Gasteiger partial charge in [-0.3, -0.25) is 0 Å². The fourth-order valence-electron chi connectivity index (χ4n) is 3.04. The van der Waals surface area contributed by atoms with Crippen LogP contribution >= 0.6 is 12.2 Å². The molecule has 1 aliphatic rings. The second kappa shape index (κ2) is 7.99. The molecule has 0 spiro atoms. The van der Waals surface area contributed by atoms with Crippen LogP contribution in [0, 0.1) is 13.8 Å². The summed E-state index contributed by atoms with van der Waals surface area (Å²) in [5, 5.41) is 4.17. The van der Waals surface area contributed by atoms with E-state index in [1.54, 1.807) is 0 Å². The first-order valence-electron chi connectivity index (χ1n) is 9.16. The Bertz CT molecular complexity index is 782. The predicted molar refractivity (Wildman–Crippen MR) is 112 cm³/mol. The van der Waals surface area contributed by atoms with Crippen molar-refractivity contribution in [1.82, 2.24) is 14.9 Å². The predicted octanol–water partition coefficient (Wildman–Crippen LogP) is 3.74. The third-order valence-electron chi connectivity index (χ3n) is 4.65. The van der Waals surface area contributed by atoms with Gasteiger partial charge in [0.1, 0.15) is 11.6 Å². The number of nitrogens with one attached hydrogen (secondary N) is 1. The third kappa shape index (κ3) is 4.30. The van der Waals surface area contributed by atoms with Crippen LogP contribution in [0.5, 0.6) is 0 Å². The molecule has 2 aromatic rings. The Morgan fingerprint density at radius 3 is 2.42 bits per heavy atom. The lowest BCUT2D eigenvalue weighted by molar-refractivity contribution is 0.389. The Kier molecular flexibility index (Phi) is 5.71. The van der Waals surface area contributed by atoms with Crippen LogP contribution in [-0.4, -0.2) is 46.2 Å². The van der Waals surface area contributed by atoms with Gasteiger partial charge in [-0.1, -0.05) is 32.0 Å². The van der Waals surface area contributed by atoms with Crippen molar-refractivity contribution in [2.45, 2.75) is 33.6 Å². The topological polar surface area (TPSA) is 44.3 Å². The van der Waals surface area contributed by atoms with E-state index in [0.29, 0.717) is 5.92 Å². The molecule has 5 nitrogen and oxygen atoms in total. The molecular weight excluding hydrogens is 342 g/mol. The van der Waals surface area contributed by atoms with Crippen LogP contribution in [0.4, 0.5) is 11.5 Å². The molecule has 1 aromatic heterocycles. The molecule has 1 saturated heterocycles. The molecule has 0 amide bonds. The molecule has 0 bridgehead atoms. The number of piperazine rings is 1. The van der Waals surface area contributed by atoms with E-state index in [9.17, 15) is 0 Å². The third-order valence-corrected chi connectivity index (χ3v) is 5.01. The first-order valence-corrected chi connectivity index (χ1v) is 9.57. The maximum Gasteiger partial charge on any atom is 0.173 e. The van der Waals surface area contributed by atoms with Crippen LogP contribution in [0.2, 0.25) is 0 Å². The van der Waals surface area contributed by atoms with Gasteiger partial charge in [0.15, 0.2) is 5.11 Å². The molecule has 0 radical (unpaired) electrons. The molecule has 3 rings (SSSR count). The molecule has 1 N–H and O–H groups in total. The van der Waals surface area contributed by atoms with Gasteiger partial charge in [-0.2, -0.15) is 0 Å². The van der Waals surface area contributed by atoms with Crippen LogP contribution in [-0.2, 0) is 0 Å². The van der Waals surface area contributed by atoms with Crippen molar-refractivity contribution in [3.05, 3.63) is 47.4 Å². The molecule has 0 saturated carbocycles. The van der Waals surface area contributed by atoms with Crippen LogP contribution in [0.3, 0.4) is 0 Å². The average Bonchev–Trinajstić information content (AvgIpc) is 2.63. The standard InChI is InChI=1S/C20H27N5S/c1-14(2)19-21-16(4)13-18(23-19)24-9-11-25(12-10-24)20(26)22-17-8-6-5-7-15(17)3/h5-8,13-14H,9-12H2,1-4H3,(H,22,26). The van der Waals surface area contributed by atoms with E-state index in [4.69, 9.17) is 17.2 Å². The van der Waals surface area contributed by atoms with Crippen LogP contribution in [0.1, 0.15) is 36.8 Å². The summed E-state index contributed by atoms with van der Waals surface area (Å²) in [6.07, 6.45) is 0. The number of hydrogen-bond donors (Lipinski definition) is 1. The highest BCUT2D eigenvalue weighted by Crippen LogP contribution is 2.19. The molecule has 0 atom stereocenters. The molecule has 6 heteroatoms. The van der Waals surface area contributed by atoms with Gasteiger partial charge >= 0.3 is 0 Å². The number of rotatable bonds is 3. The summed E-state index contributed by atoms with van der Waals surface area (Å²) in [5.74, 6) is 2.28. The number of benzene rings is 1. The highest BCUT2D eigenvalue weighted by atomic mass is 32.1. The normalized spacial score (nSPS) is 14.7. The molecule has 0 unspecified atom stereocenters. The molecule has 1 fully saturated rings. The van der Waals surface area contributed by atoms with Gasteiger partial charge in [0.25, 0.3) is 0 Å². The van der Waals surface area contributed by atoms with Crippen LogP contribution < -0.4 is 10.2 Å². The Morgan fingerprint density at radius 2 is 1.77 bits per heavy atom. The fourth-order valence-corrected chi connectivity index (χ4v) is 3.33. The summed E-state index contributed by atoms with van der Waals surface area (Å²) in [6, 6.07) is 10.3. The van der Waals surface area contributed by atoms with Gasteiger partial charge in [-0.15, -0.1) is 0 Å². The Balaban J connectivity index is 1.62. The zero-order valence-electron chi connectivity index (χ0n) is 16.0. The van der Waals surface area contributed by atoms with Crippen molar-refractivity contribution in [1.29, 1.82) is 0 Å². The molecule has 1 aliphatic heterocycles. The minimum absolute atomic E-state index is 0.334. The zero-order chi connectivity index (χ0) is 18.7. The van der Waals surface area contributed by atoms with E-state index in [1.807, 2.05) is 19.1 Å². The van der Waals surface area contributed by atoms with Gasteiger partial charge in [-0.25, -0.2) is 9.97 Å². The number of hydrogen-bond acceptors (Lipinski definition) is 4. The summed E-state index contributed by atoms with van der Waals surface area (Å²) in [5.41, 5.74) is 3.30. The summed E-state index contributed by atoms with van der Waals surface area (Å²) >= 11 is 5.62. The highest BCUT2D eigenvalue weighted by molar-refractivity contribution is 7.80. The summed E-state index contributed by atoms with van der Waals surface area (Å²) < 4.78 is 0. The first-order chi connectivity index (χ1) is 12.4. The fraction of sp³-hybridized carbons (Fsp3) is 0.450. The van der Waals surface area contributed by atoms with E-state index in [-0.39, 0.29) is 0 Å². The Morgan fingerprint density at radius 1 is 1.08 bits per heavy atom. The molecule has 2 heterocycles. The summed E-state index contributed by atoms with van der Waals surface area (Å²) in [4.78, 5) is 13.9. The minimum atomic E-state index is 0.334. The van der Waals surface area contributed by atoms with Crippen molar-refractivity contribution in [3.63, 3.8) is 0 Å². The summed E-state index contributed by atoms with van der Waals surface area (Å²) in [7, 11) is 0. The molecule has 0 aliphatic carbocycles. The van der Waals surface area contributed by atoms with Gasteiger partial charge in [0.2, 0.25) is 0 Å². The number of thiocarbonyl (C=S) groups is 1. The van der Waals surface area contributed by atoms with E-state index in [0.717, 1.165) is 54.3 Å². The van der Waals surface area contributed by atoms with Gasteiger partial charge in [0, 0.05) is 49.5 Å². The van der Waals surface area contributed by atoms with Crippen molar-refractivity contribution in [2.24, 2.45) is 0 Å². The van der Waals surface area contributed by atoms with Crippen LogP contribution in [0.25, 0.3) is 0 Å². The quantitative estimate of drug-likeness (QED) is 0.832. The second-order valence-electron chi connectivity index (χ2n) is 7.10. The van der Waals surface area contributed by atoms with Crippen molar-refractivity contribution in [3.8, 4) is 0 Å². The number of nitrogens with zero attached hydrogens (tertiary/aromatic N) is 4. The first kappa shape index (κ1) is 18.6. The summed E-state index contributed by atoms with van der Waals surface area (Å²) in [6.45, 7) is 12.0. The SMILES string of the molecule is Cc1cc(N2CCN(C(=S)Nc3ccccc3C)CC2)nc(C(C)C)n1. The van der Waals surface area contributed by atoms with E-state index >= 15 is 0 Å². The van der Waals surface area contributed by atoms with E-state index < -0.39 is 0 Å². The molecule has 1 aromatic carbocycles. The zero-order valence-corrected chi connectivity index (χ0v) is 16.8. The van der Waals surface area contributed by atoms with Crippen molar-refractivity contribution in [2.75, 3.05) is 36.4 Å². The van der Waals surface area contributed by atoms with Gasteiger partial charge in [0.05, 0.1) is 0 Å². The lowest BCUT2D eigenvalue weighted by Crippen LogP contribution is -2.50. The Labute approximate surface area is 161 Å². The molecule has 26 heavy (non-hydrogen) atoms. The Hall–Kier alpha value is -2.21. The second-order valence-corrected chi connectivity index (χ2v) is 7.49. The maximum atomic E-state index is 5.62. The average molecular weight is 370 g/mol. The molecule has 138 valence electrons. The molecular formula is C20H27N5S. The maximum absolute atomic E-state index is 5.62. The largest absolute Gasteiger partial charge is 0.353 e. The van der Waals surface area contributed by atoms with Crippen LogP contribution in [0.15, 0.2) is 30.3 Å². The highest BCUT2D eigenvalue weighted by Gasteiger charge is 2.21. The lowest BCUT2D eigenvalue weighted by atomic mass is 10.2. The van der Waals surface area contributed by atoms with Crippen molar-refractivity contribution < 1.29 is 0 Å². The van der Waals surface area contributed by atoms with Gasteiger partial charge in [-0.05, 0) is 37.7 Å². The number of aryl methyl sites for hydroxylation is 2. The number of para-hydroxylation sites is 1. The van der Waals surface area contributed by atoms with E-state index in [2.05, 4.69) is 59.1 Å². The van der Waals surface area contributed by atoms with E-state index in [1.165, 1.54) is 5.56 Å². The monoisotopic (exact) mass is 369 g/mol. The van der Waals surface area contributed by atoms with Gasteiger partial charge < -0.3 is 15.1 Å². The van der Waals surface area contributed by atoms with Crippen molar-refractivity contribution >= 4 is 28.8 Å².